The van der Waals surface area contributed by atoms with Crippen LogP contribution in [0.4, 0.5) is 0 Å². The van der Waals surface area contributed by atoms with Crippen LogP contribution < -0.4 is 5.32 Å². The number of benzene rings is 1. The van der Waals surface area contributed by atoms with Gasteiger partial charge in [-0.05, 0) is 11.0 Å². The van der Waals surface area contributed by atoms with Crippen molar-refractivity contribution in [2.45, 2.75) is 52.6 Å². The van der Waals surface area contributed by atoms with Gasteiger partial charge in [-0.3, -0.25) is 0 Å². The second kappa shape index (κ2) is 5.80. The largest absolute Gasteiger partial charge is 0.439 e. The lowest BCUT2D eigenvalue weighted by Gasteiger charge is -2.21. The maximum Gasteiger partial charge on any atom is 0.208 e. The van der Waals surface area contributed by atoms with E-state index in [9.17, 15) is 0 Å². The van der Waals surface area contributed by atoms with Crippen LogP contribution in [0.5, 0.6) is 0 Å². The minimum Gasteiger partial charge on any atom is -0.439 e. The Balaban J connectivity index is 2.29. The molecule has 0 bridgehead atoms. The van der Waals surface area contributed by atoms with Gasteiger partial charge in [-0.15, -0.1) is 0 Å². The standard InChI is InChI=1S/C17H24N2O/c1-12(2)18-11-16-19-10-15(20-16)13-8-6-7-9-14(13)17(3,4)5/h6-10,12,18H,11H2,1-5H3. The molecule has 0 fully saturated rings. The average Bonchev–Trinajstić information content (AvgIpc) is 2.84. The molecule has 0 saturated carbocycles. The van der Waals surface area contributed by atoms with Crippen LogP contribution in [0.2, 0.25) is 0 Å². The Morgan fingerprint density at radius 3 is 2.55 bits per heavy atom. The van der Waals surface area contributed by atoms with Crippen molar-refractivity contribution < 1.29 is 4.42 Å². The van der Waals surface area contributed by atoms with Gasteiger partial charge in [0.1, 0.15) is 0 Å². The molecule has 108 valence electrons. The predicted octanol–water partition coefficient (Wildman–Crippen LogP) is 4.14. The Bertz CT molecular complexity index is 564. The smallest absolute Gasteiger partial charge is 0.208 e. The van der Waals surface area contributed by atoms with E-state index < -0.39 is 0 Å². The summed E-state index contributed by atoms with van der Waals surface area (Å²) in [6, 6.07) is 8.79. The van der Waals surface area contributed by atoms with Crippen molar-refractivity contribution in [3.05, 3.63) is 41.9 Å². The second-order valence-corrected chi connectivity index (χ2v) is 6.45. The van der Waals surface area contributed by atoms with E-state index in [1.54, 1.807) is 0 Å². The third-order valence-corrected chi connectivity index (χ3v) is 3.22. The van der Waals surface area contributed by atoms with Crippen LogP contribution in [0, 0.1) is 0 Å². The highest BCUT2D eigenvalue weighted by Gasteiger charge is 2.20. The first-order valence-corrected chi connectivity index (χ1v) is 7.16. The van der Waals surface area contributed by atoms with Crippen LogP contribution in [-0.4, -0.2) is 11.0 Å². The molecular weight excluding hydrogens is 248 g/mol. The van der Waals surface area contributed by atoms with Crippen molar-refractivity contribution in [2.75, 3.05) is 0 Å². The highest BCUT2D eigenvalue weighted by atomic mass is 16.4. The number of aromatic nitrogens is 1. The first-order chi connectivity index (χ1) is 9.38. The minimum atomic E-state index is 0.0831. The summed E-state index contributed by atoms with van der Waals surface area (Å²) in [6.07, 6.45) is 1.82. The third-order valence-electron chi connectivity index (χ3n) is 3.22. The van der Waals surface area contributed by atoms with Gasteiger partial charge < -0.3 is 9.73 Å². The molecule has 0 aliphatic rings. The van der Waals surface area contributed by atoms with Gasteiger partial charge in [0.25, 0.3) is 0 Å². The van der Waals surface area contributed by atoms with Crippen molar-refractivity contribution >= 4 is 0 Å². The number of hydrogen-bond donors (Lipinski definition) is 1. The van der Waals surface area contributed by atoms with Crippen molar-refractivity contribution in [2.24, 2.45) is 0 Å². The van der Waals surface area contributed by atoms with Crippen LogP contribution in [-0.2, 0) is 12.0 Å². The summed E-state index contributed by atoms with van der Waals surface area (Å²) in [4.78, 5) is 4.36. The van der Waals surface area contributed by atoms with E-state index in [1.165, 1.54) is 5.56 Å². The fraction of sp³-hybridized carbons (Fsp3) is 0.471. The molecule has 0 radical (unpaired) electrons. The molecule has 0 saturated heterocycles. The molecule has 2 rings (SSSR count). The molecule has 2 aromatic rings. The quantitative estimate of drug-likeness (QED) is 0.909. The molecule has 1 aromatic carbocycles. The summed E-state index contributed by atoms with van der Waals surface area (Å²) in [5.74, 6) is 1.58. The molecule has 0 unspecified atom stereocenters. The summed E-state index contributed by atoms with van der Waals surface area (Å²) in [5, 5.41) is 3.32. The second-order valence-electron chi connectivity index (χ2n) is 6.45. The zero-order valence-corrected chi connectivity index (χ0v) is 13.0. The minimum absolute atomic E-state index is 0.0831. The van der Waals surface area contributed by atoms with Crippen molar-refractivity contribution in [1.29, 1.82) is 0 Å². The summed E-state index contributed by atoms with van der Waals surface area (Å²) in [7, 11) is 0. The molecule has 0 aliphatic carbocycles. The lowest BCUT2D eigenvalue weighted by atomic mass is 9.83. The highest BCUT2D eigenvalue weighted by Crippen LogP contribution is 2.33. The van der Waals surface area contributed by atoms with Gasteiger partial charge in [-0.2, -0.15) is 0 Å². The SMILES string of the molecule is CC(C)NCc1ncc(-c2ccccc2C(C)(C)C)o1. The van der Waals surface area contributed by atoms with E-state index in [4.69, 9.17) is 4.42 Å². The molecule has 1 aromatic heterocycles. The van der Waals surface area contributed by atoms with Gasteiger partial charge >= 0.3 is 0 Å². The first kappa shape index (κ1) is 14.8. The lowest BCUT2D eigenvalue weighted by molar-refractivity contribution is 0.458. The molecule has 0 atom stereocenters. The fourth-order valence-electron chi connectivity index (χ4n) is 2.16. The van der Waals surface area contributed by atoms with Gasteiger partial charge in [0, 0.05) is 11.6 Å². The maximum atomic E-state index is 5.88. The van der Waals surface area contributed by atoms with Crippen LogP contribution >= 0.6 is 0 Å². The number of rotatable bonds is 4. The van der Waals surface area contributed by atoms with E-state index in [1.807, 2.05) is 12.3 Å². The van der Waals surface area contributed by atoms with Crippen molar-refractivity contribution in [3.63, 3.8) is 0 Å². The van der Waals surface area contributed by atoms with Crippen molar-refractivity contribution in [1.82, 2.24) is 10.3 Å². The molecule has 1 heterocycles. The molecule has 3 heteroatoms. The summed E-state index contributed by atoms with van der Waals surface area (Å²) in [5.41, 5.74) is 2.49. The predicted molar refractivity (Wildman–Crippen MR) is 82.6 cm³/mol. The van der Waals surface area contributed by atoms with E-state index in [0.717, 1.165) is 17.2 Å². The maximum absolute atomic E-state index is 5.88. The first-order valence-electron chi connectivity index (χ1n) is 7.16. The Hall–Kier alpha value is -1.61. The van der Waals surface area contributed by atoms with Crippen LogP contribution in [0.25, 0.3) is 11.3 Å². The zero-order valence-electron chi connectivity index (χ0n) is 13.0. The van der Waals surface area contributed by atoms with Gasteiger partial charge in [0.05, 0.1) is 12.7 Å². The molecule has 0 amide bonds. The van der Waals surface area contributed by atoms with Gasteiger partial charge in [-0.25, -0.2) is 4.98 Å². The molecule has 0 spiro atoms. The highest BCUT2D eigenvalue weighted by molar-refractivity contribution is 5.63. The van der Waals surface area contributed by atoms with E-state index in [-0.39, 0.29) is 5.41 Å². The summed E-state index contributed by atoms with van der Waals surface area (Å²) < 4.78 is 5.88. The van der Waals surface area contributed by atoms with Gasteiger partial charge in [0.2, 0.25) is 5.89 Å². The Labute approximate surface area is 121 Å². The Kier molecular flexibility index (Phi) is 4.29. The fourth-order valence-corrected chi connectivity index (χ4v) is 2.16. The topological polar surface area (TPSA) is 38.1 Å². The number of nitrogens with one attached hydrogen (secondary N) is 1. The van der Waals surface area contributed by atoms with E-state index in [0.29, 0.717) is 12.6 Å². The molecule has 20 heavy (non-hydrogen) atoms. The van der Waals surface area contributed by atoms with Gasteiger partial charge in [-0.1, -0.05) is 58.9 Å². The molecule has 3 nitrogen and oxygen atoms in total. The van der Waals surface area contributed by atoms with E-state index >= 15 is 0 Å². The lowest BCUT2D eigenvalue weighted by Crippen LogP contribution is -2.21. The summed E-state index contributed by atoms with van der Waals surface area (Å²) in [6.45, 7) is 11.5. The normalized spacial score (nSPS) is 12.1. The summed E-state index contributed by atoms with van der Waals surface area (Å²) >= 11 is 0. The number of oxazole rings is 1. The molecular formula is C17H24N2O. The number of nitrogens with zero attached hydrogens (tertiary/aromatic N) is 1. The van der Waals surface area contributed by atoms with Crippen LogP contribution in [0.3, 0.4) is 0 Å². The Morgan fingerprint density at radius 1 is 1.20 bits per heavy atom. The van der Waals surface area contributed by atoms with E-state index in [2.05, 4.69) is 63.1 Å². The van der Waals surface area contributed by atoms with Crippen molar-refractivity contribution in [3.8, 4) is 11.3 Å². The number of hydrogen-bond acceptors (Lipinski definition) is 3. The molecule has 0 aliphatic heterocycles. The monoisotopic (exact) mass is 272 g/mol. The zero-order chi connectivity index (χ0) is 14.8. The van der Waals surface area contributed by atoms with Gasteiger partial charge in [0.15, 0.2) is 5.76 Å². The average molecular weight is 272 g/mol. The molecule has 1 N–H and O–H groups in total. The van der Waals surface area contributed by atoms with Crippen LogP contribution in [0.15, 0.2) is 34.9 Å². The Morgan fingerprint density at radius 2 is 1.90 bits per heavy atom. The third kappa shape index (κ3) is 3.48. The van der Waals surface area contributed by atoms with Crippen LogP contribution in [0.1, 0.15) is 46.1 Å².